The van der Waals surface area contributed by atoms with Crippen LogP contribution < -0.4 is 0 Å². The Balaban J connectivity index is 2.21. The monoisotopic (exact) mass is 237 g/mol. The van der Waals surface area contributed by atoms with Crippen LogP contribution >= 0.6 is 0 Å². The fourth-order valence-electron chi connectivity index (χ4n) is 2.54. The topological polar surface area (TPSA) is 15.8 Å². The van der Waals surface area contributed by atoms with E-state index >= 15 is 0 Å². The van der Waals surface area contributed by atoms with Gasteiger partial charge in [-0.2, -0.15) is 0 Å². The molecule has 0 saturated heterocycles. The molecule has 0 fully saturated rings. The number of H-pyrrole nitrogens is 1. The largest absolute Gasteiger partial charge is 0.355 e. The Morgan fingerprint density at radius 1 is 0.833 bits per heavy atom. The highest BCUT2D eigenvalue weighted by Gasteiger charge is 2.11. The molecule has 1 heterocycles. The molecule has 1 nitrogen and oxygen atoms in total. The van der Waals surface area contributed by atoms with Crippen LogP contribution in [0.4, 0.5) is 0 Å². The Morgan fingerprint density at radius 3 is 2.33 bits per heavy atom. The second kappa shape index (κ2) is 4.16. The van der Waals surface area contributed by atoms with Gasteiger partial charge >= 0.3 is 0 Å². The minimum atomic E-state index is 0.598. The molecule has 1 unspecified atom stereocenters. The van der Waals surface area contributed by atoms with Crippen LogP contribution in [0.15, 0.2) is 42.5 Å². The van der Waals surface area contributed by atoms with Gasteiger partial charge in [0.25, 0.3) is 0 Å². The quantitative estimate of drug-likeness (QED) is 0.639. The third kappa shape index (κ3) is 1.71. The van der Waals surface area contributed by atoms with Crippen LogP contribution in [0.2, 0.25) is 0 Å². The molecule has 1 heteroatoms. The summed E-state index contributed by atoms with van der Waals surface area (Å²) in [4.78, 5) is 3.51. The molecule has 0 aliphatic rings. The summed E-state index contributed by atoms with van der Waals surface area (Å²) < 4.78 is 0. The molecule has 0 aliphatic heterocycles. The maximum Gasteiger partial charge on any atom is 0.0467 e. The molecule has 1 atom stereocenters. The maximum atomic E-state index is 3.51. The van der Waals surface area contributed by atoms with E-state index in [9.17, 15) is 0 Å². The van der Waals surface area contributed by atoms with E-state index in [1.54, 1.807) is 0 Å². The molecule has 18 heavy (non-hydrogen) atoms. The van der Waals surface area contributed by atoms with Crippen molar-refractivity contribution in [2.45, 2.75) is 26.7 Å². The molecule has 0 aliphatic carbocycles. The summed E-state index contributed by atoms with van der Waals surface area (Å²) in [5.41, 5.74) is 3.90. The highest BCUT2D eigenvalue weighted by atomic mass is 14.7. The molecule has 2 aromatic carbocycles. The van der Waals surface area contributed by atoms with Crippen molar-refractivity contribution in [2.75, 3.05) is 0 Å². The number of nitrogens with one attached hydrogen (secondary N) is 1. The van der Waals surface area contributed by atoms with Crippen molar-refractivity contribution >= 4 is 21.8 Å². The lowest BCUT2D eigenvalue weighted by Gasteiger charge is -2.15. The van der Waals surface area contributed by atoms with Crippen LogP contribution in [0.5, 0.6) is 0 Å². The van der Waals surface area contributed by atoms with Crippen LogP contribution in [-0.2, 0) is 0 Å². The standard InChI is InChI=1S/C17H19N/c1-11(2)12(3)13-8-9-15-14-6-4-5-7-16(14)18-17(15)10-13/h4-12,18H,1-3H3. The van der Waals surface area contributed by atoms with Crippen molar-refractivity contribution in [1.82, 2.24) is 4.98 Å². The predicted molar refractivity (Wildman–Crippen MR) is 79.1 cm³/mol. The lowest BCUT2D eigenvalue weighted by atomic mass is 9.90. The normalized spacial score (nSPS) is 13.6. The first-order valence-corrected chi connectivity index (χ1v) is 6.67. The van der Waals surface area contributed by atoms with Gasteiger partial charge < -0.3 is 4.98 Å². The van der Waals surface area contributed by atoms with Gasteiger partial charge in [0.05, 0.1) is 0 Å². The molecular weight excluding hydrogens is 218 g/mol. The molecule has 3 aromatic rings. The van der Waals surface area contributed by atoms with Crippen LogP contribution in [0.1, 0.15) is 32.3 Å². The minimum Gasteiger partial charge on any atom is -0.355 e. The second-order valence-electron chi connectivity index (χ2n) is 5.51. The van der Waals surface area contributed by atoms with Gasteiger partial charge in [-0.25, -0.2) is 0 Å². The summed E-state index contributed by atoms with van der Waals surface area (Å²) in [5, 5.41) is 2.64. The lowest BCUT2D eigenvalue weighted by Crippen LogP contribution is -2.01. The van der Waals surface area contributed by atoms with E-state index < -0.39 is 0 Å². The number of aromatic amines is 1. The van der Waals surface area contributed by atoms with E-state index in [4.69, 9.17) is 0 Å². The van der Waals surface area contributed by atoms with Crippen LogP contribution in [-0.4, -0.2) is 4.98 Å². The summed E-state index contributed by atoms with van der Waals surface area (Å²) >= 11 is 0. The molecular formula is C17H19N. The SMILES string of the molecule is CC(C)C(C)c1ccc2c(c1)[nH]c1ccccc12. The van der Waals surface area contributed by atoms with E-state index in [1.807, 2.05) is 0 Å². The molecule has 0 spiro atoms. The Bertz CT molecular complexity index is 691. The van der Waals surface area contributed by atoms with Crippen molar-refractivity contribution < 1.29 is 0 Å². The number of fused-ring (bicyclic) bond motifs is 3. The van der Waals surface area contributed by atoms with Crippen molar-refractivity contribution in [3.63, 3.8) is 0 Å². The van der Waals surface area contributed by atoms with Gasteiger partial charge in [-0.15, -0.1) is 0 Å². The van der Waals surface area contributed by atoms with Gasteiger partial charge in [0.15, 0.2) is 0 Å². The third-order valence-corrected chi connectivity index (χ3v) is 4.06. The first-order chi connectivity index (χ1) is 8.66. The zero-order valence-electron chi connectivity index (χ0n) is 11.2. The fraction of sp³-hybridized carbons (Fsp3) is 0.294. The predicted octanol–water partition coefficient (Wildman–Crippen LogP) is 5.08. The molecule has 3 rings (SSSR count). The Morgan fingerprint density at radius 2 is 1.56 bits per heavy atom. The number of aromatic nitrogens is 1. The van der Waals surface area contributed by atoms with Crippen molar-refractivity contribution in [2.24, 2.45) is 5.92 Å². The third-order valence-electron chi connectivity index (χ3n) is 4.06. The highest BCUT2D eigenvalue weighted by molar-refractivity contribution is 6.07. The lowest BCUT2D eigenvalue weighted by molar-refractivity contribution is 0.535. The summed E-state index contributed by atoms with van der Waals surface area (Å²) in [6.07, 6.45) is 0. The van der Waals surface area contributed by atoms with E-state index in [0.29, 0.717) is 11.8 Å². The van der Waals surface area contributed by atoms with Crippen LogP contribution in [0.3, 0.4) is 0 Å². The zero-order valence-corrected chi connectivity index (χ0v) is 11.2. The Hall–Kier alpha value is -1.76. The van der Waals surface area contributed by atoms with E-state index in [-0.39, 0.29) is 0 Å². The number of para-hydroxylation sites is 1. The molecule has 0 radical (unpaired) electrons. The van der Waals surface area contributed by atoms with E-state index in [1.165, 1.54) is 27.4 Å². The van der Waals surface area contributed by atoms with Gasteiger partial charge in [-0.05, 0) is 29.5 Å². The van der Waals surface area contributed by atoms with Crippen LogP contribution in [0.25, 0.3) is 21.8 Å². The van der Waals surface area contributed by atoms with Crippen molar-refractivity contribution in [1.29, 1.82) is 0 Å². The number of rotatable bonds is 2. The average Bonchev–Trinajstić information content (AvgIpc) is 2.75. The zero-order chi connectivity index (χ0) is 12.7. The van der Waals surface area contributed by atoms with Gasteiger partial charge in [0.1, 0.15) is 0 Å². The number of hydrogen-bond donors (Lipinski definition) is 1. The molecule has 0 amide bonds. The first-order valence-electron chi connectivity index (χ1n) is 6.67. The fourth-order valence-corrected chi connectivity index (χ4v) is 2.54. The van der Waals surface area contributed by atoms with Gasteiger partial charge in [-0.3, -0.25) is 0 Å². The Kier molecular flexibility index (Phi) is 2.62. The minimum absolute atomic E-state index is 0.598. The molecule has 1 aromatic heterocycles. The van der Waals surface area contributed by atoms with Gasteiger partial charge in [0.2, 0.25) is 0 Å². The molecule has 0 bridgehead atoms. The smallest absolute Gasteiger partial charge is 0.0467 e. The number of hydrogen-bond acceptors (Lipinski definition) is 0. The van der Waals surface area contributed by atoms with Crippen molar-refractivity contribution in [3.8, 4) is 0 Å². The summed E-state index contributed by atoms with van der Waals surface area (Å²) in [6.45, 7) is 6.86. The summed E-state index contributed by atoms with van der Waals surface area (Å²) in [5.74, 6) is 1.27. The molecule has 0 saturated carbocycles. The van der Waals surface area contributed by atoms with E-state index in [0.717, 1.165) is 0 Å². The molecule has 1 N–H and O–H groups in total. The maximum absolute atomic E-state index is 3.51. The molecule has 92 valence electrons. The first kappa shape index (κ1) is 11.3. The second-order valence-corrected chi connectivity index (χ2v) is 5.51. The van der Waals surface area contributed by atoms with E-state index in [2.05, 4.69) is 68.2 Å². The number of benzene rings is 2. The summed E-state index contributed by atoms with van der Waals surface area (Å²) in [6, 6.07) is 15.3. The average molecular weight is 237 g/mol. The van der Waals surface area contributed by atoms with Crippen LogP contribution in [0, 0.1) is 5.92 Å². The van der Waals surface area contributed by atoms with Gasteiger partial charge in [0, 0.05) is 21.8 Å². The van der Waals surface area contributed by atoms with Gasteiger partial charge in [-0.1, -0.05) is 51.1 Å². The van der Waals surface area contributed by atoms with Crippen molar-refractivity contribution in [3.05, 3.63) is 48.0 Å². The Labute approximate surface area is 108 Å². The summed E-state index contributed by atoms with van der Waals surface area (Å²) in [7, 11) is 0. The highest BCUT2D eigenvalue weighted by Crippen LogP contribution is 2.30.